The van der Waals surface area contributed by atoms with Crippen LogP contribution in [-0.4, -0.2) is 67.1 Å². The molecule has 1 aromatic heterocycles. The number of rotatable bonds is 6. The van der Waals surface area contributed by atoms with Crippen molar-refractivity contribution < 1.29 is 9.53 Å². The summed E-state index contributed by atoms with van der Waals surface area (Å²) < 4.78 is 5.74. The Morgan fingerprint density at radius 3 is 2.83 bits per heavy atom. The Morgan fingerprint density at radius 2 is 2.08 bits per heavy atom. The number of carbonyl (C=O) groups excluding carboxylic acids is 1. The lowest BCUT2D eigenvalue weighted by Crippen LogP contribution is -2.41. The van der Waals surface area contributed by atoms with Gasteiger partial charge in [0.15, 0.2) is 0 Å². The number of nitrogens with zero attached hydrogens (tertiary/aromatic N) is 3. The predicted octanol–water partition coefficient (Wildman–Crippen LogP) is 2.42. The Balaban J connectivity index is 1.85. The number of aromatic nitrogens is 1. The third-order valence-electron chi connectivity index (χ3n) is 4.43. The van der Waals surface area contributed by atoms with Crippen LogP contribution in [-0.2, 0) is 4.74 Å². The van der Waals surface area contributed by atoms with Gasteiger partial charge in [0.2, 0.25) is 0 Å². The summed E-state index contributed by atoms with van der Waals surface area (Å²) in [6.07, 6.45) is 3.96. The minimum absolute atomic E-state index is 0.0100. The van der Waals surface area contributed by atoms with Crippen LogP contribution in [0.2, 0.25) is 0 Å². The van der Waals surface area contributed by atoms with Gasteiger partial charge in [-0.25, -0.2) is 0 Å². The van der Waals surface area contributed by atoms with Gasteiger partial charge in [0.05, 0.1) is 6.10 Å². The van der Waals surface area contributed by atoms with Crippen molar-refractivity contribution in [2.24, 2.45) is 0 Å². The van der Waals surface area contributed by atoms with Crippen LogP contribution in [0.25, 0.3) is 10.8 Å². The third kappa shape index (κ3) is 3.91. The number of likely N-dealkylation sites (N-methyl/N-ethyl adjacent to an activating group) is 1. The first-order chi connectivity index (χ1) is 11.6. The third-order valence-corrected chi connectivity index (χ3v) is 4.43. The molecule has 0 saturated carbocycles. The van der Waals surface area contributed by atoms with E-state index in [-0.39, 0.29) is 12.0 Å². The molecule has 1 amide bonds. The number of hydrogen-bond acceptors (Lipinski definition) is 4. The zero-order valence-electron chi connectivity index (χ0n) is 14.4. The van der Waals surface area contributed by atoms with Crippen LogP contribution in [0.3, 0.4) is 0 Å². The summed E-state index contributed by atoms with van der Waals surface area (Å²) in [6, 6.07) is 9.85. The molecule has 0 unspecified atom stereocenters. The first kappa shape index (κ1) is 16.9. The Bertz CT molecular complexity index is 691. The van der Waals surface area contributed by atoms with E-state index in [0.717, 1.165) is 36.8 Å². The van der Waals surface area contributed by atoms with Gasteiger partial charge in [-0.1, -0.05) is 24.3 Å². The number of amides is 1. The second-order valence-electron chi connectivity index (χ2n) is 6.57. The van der Waals surface area contributed by atoms with Crippen LogP contribution in [0.5, 0.6) is 0 Å². The maximum atomic E-state index is 13.1. The molecule has 5 nitrogen and oxygen atoms in total. The first-order valence-electron chi connectivity index (χ1n) is 8.54. The highest BCUT2D eigenvalue weighted by Gasteiger charge is 2.25. The van der Waals surface area contributed by atoms with Crippen molar-refractivity contribution in [1.29, 1.82) is 0 Å². The summed E-state index contributed by atoms with van der Waals surface area (Å²) in [6.45, 7) is 2.93. The maximum Gasteiger partial charge on any atom is 0.273 e. The molecule has 1 aliphatic heterocycles. The van der Waals surface area contributed by atoms with E-state index in [4.69, 9.17) is 4.74 Å². The summed E-state index contributed by atoms with van der Waals surface area (Å²) in [5, 5.41) is 1.95. The second kappa shape index (κ2) is 7.73. The highest BCUT2D eigenvalue weighted by molar-refractivity contribution is 6.05. The largest absolute Gasteiger partial charge is 0.376 e. The molecule has 1 aliphatic rings. The smallest absolute Gasteiger partial charge is 0.273 e. The first-order valence-corrected chi connectivity index (χ1v) is 8.54. The molecule has 0 radical (unpaired) electrons. The molecule has 1 aromatic carbocycles. The van der Waals surface area contributed by atoms with Crippen molar-refractivity contribution in [2.45, 2.75) is 18.9 Å². The molecule has 0 aliphatic carbocycles. The van der Waals surface area contributed by atoms with Crippen LogP contribution < -0.4 is 0 Å². The minimum atomic E-state index is -0.0100. The highest BCUT2D eigenvalue weighted by atomic mass is 16.5. The van der Waals surface area contributed by atoms with Gasteiger partial charge in [0.25, 0.3) is 5.91 Å². The predicted molar refractivity (Wildman–Crippen MR) is 95.2 cm³/mol. The zero-order valence-corrected chi connectivity index (χ0v) is 14.4. The fourth-order valence-electron chi connectivity index (χ4n) is 3.07. The van der Waals surface area contributed by atoms with Crippen LogP contribution in [0.1, 0.15) is 23.3 Å². The van der Waals surface area contributed by atoms with E-state index < -0.39 is 0 Å². The van der Waals surface area contributed by atoms with E-state index in [9.17, 15) is 4.79 Å². The molecule has 0 spiro atoms. The molecule has 2 aromatic rings. The topological polar surface area (TPSA) is 45.7 Å². The second-order valence-corrected chi connectivity index (χ2v) is 6.57. The van der Waals surface area contributed by atoms with E-state index in [1.807, 2.05) is 49.3 Å². The van der Waals surface area contributed by atoms with Crippen LogP contribution >= 0.6 is 0 Å². The maximum absolute atomic E-state index is 13.1. The summed E-state index contributed by atoms with van der Waals surface area (Å²) in [5.74, 6) is -0.0100. The minimum Gasteiger partial charge on any atom is -0.376 e. The molecule has 24 heavy (non-hydrogen) atoms. The lowest BCUT2D eigenvalue weighted by atomic mass is 10.1. The average molecular weight is 327 g/mol. The van der Waals surface area contributed by atoms with Gasteiger partial charge < -0.3 is 14.5 Å². The van der Waals surface area contributed by atoms with Crippen molar-refractivity contribution in [3.63, 3.8) is 0 Å². The number of pyridine rings is 1. The van der Waals surface area contributed by atoms with Gasteiger partial charge >= 0.3 is 0 Å². The van der Waals surface area contributed by atoms with Crippen molar-refractivity contribution in [3.05, 3.63) is 42.2 Å². The summed E-state index contributed by atoms with van der Waals surface area (Å²) in [7, 11) is 4.04. The highest BCUT2D eigenvalue weighted by Crippen LogP contribution is 2.19. The molecular formula is C19H25N3O2. The Kier molecular flexibility index (Phi) is 5.43. The van der Waals surface area contributed by atoms with Crippen molar-refractivity contribution >= 4 is 16.7 Å². The molecule has 128 valence electrons. The summed E-state index contributed by atoms with van der Waals surface area (Å²) >= 11 is 0. The zero-order chi connectivity index (χ0) is 16.9. The quantitative estimate of drug-likeness (QED) is 0.817. The van der Waals surface area contributed by atoms with Crippen LogP contribution in [0.15, 0.2) is 36.5 Å². The van der Waals surface area contributed by atoms with Crippen LogP contribution in [0, 0.1) is 0 Å². The molecule has 0 N–H and O–H groups in total. The number of benzene rings is 1. The molecule has 1 fully saturated rings. The number of hydrogen-bond donors (Lipinski definition) is 0. The lowest BCUT2D eigenvalue weighted by molar-refractivity contribution is 0.0509. The van der Waals surface area contributed by atoms with Gasteiger partial charge in [-0.2, -0.15) is 0 Å². The van der Waals surface area contributed by atoms with Gasteiger partial charge in [-0.3, -0.25) is 9.78 Å². The number of fused-ring (bicyclic) bond motifs is 1. The van der Waals surface area contributed by atoms with Gasteiger partial charge in [-0.15, -0.1) is 0 Å². The fraction of sp³-hybridized carbons (Fsp3) is 0.474. The van der Waals surface area contributed by atoms with E-state index in [0.29, 0.717) is 18.8 Å². The molecule has 1 atom stereocenters. The van der Waals surface area contributed by atoms with Crippen molar-refractivity contribution in [3.8, 4) is 0 Å². The Morgan fingerprint density at radius 1 is 1.25 bits per heavy atom. The van der Waals surface area contributed by atoms with Gasteiger partial charge in [0.1, 0.15) is 5.69 Å². The molecule has 3 rings (SSSR count). The monoisotopic (exact) mass is 327 g/mol. The average Bonchev–Trinajstić information content (AvgIpc) is 3.10. The molecule has 2 heterocycles. The van der Waals surface area contributed by atoms with Crippen LogP contribution in [0.4, 0.5) is 0 Å². The van der Waals surface area contributed by atoms with E-state index in [2.05, 4.69) is 9.88 Å². The Hall–Kier alpha value is -1.98. The lowest BCUT2D eigenvalue weighted by Gasteiger charge is -2.27. The normalized spacial score (nSPS) is 17.5. The fourth-order valence-corrected chi connectivity index (χ4v) is 3.07. The SMILES string of the molecule is CN(C)CCN(C[C@H]1CCCO1)C(=O)c1nccc2ccccc12. The van der Waals surface area contributed by atoms with E-state index >= 15 is 0 Å². The van der Waals surface area contributed by atoms with E-state index in [1.54, 1.807) is 6.20 Å². The molecular weight excluding hydrogens is 302 g/mol. The molecule has 0 bridgehead atoms. The Labute approximate surface area is 143 Å². The van der Waals surface area contributed by atoms with Crippen molar-refractivity contribution in [2.75, 3.05) is 40.3 Å². The summed E-state index contributed by atoms with van der Waals surface area (Å²) in [5.41, 5.74) is 0.532. The number of carbonyl (C=O) groups is 1. The summed E-state index contributed by atoms with van der Waals surface area (Å²) in [4.78, 5) is 21.5. The van der Waals surface area contributed by atoms with Gasteiger partial charge in [0, 0.05) is 37.8 Å². The van der Waals surface area contributed by atoms with Gasteiger partial charge in [-0.05, 0) is 38.4 Å². The standard InChI is InChI=1S/C19H25N3O2/c1-21(2)11-12-22(14-16-7-5-13-24-16)19(23)18-17-8-4-3-6-15(17)9-10-20-18/h3-4,6,8-10,16H,5,7,11-14H2,1-2H3/t16-/m1/s1. The van der Waals surface area contributed by atoms with E-state index in [1.165, 1.54) is 0 Å². The molecule has 1 saturated heterocycles. The molecule has 5 heteroatoms. The number of ether oxygens (including phenoxy) is 1. The van der Waals surface area contributed by atoms with Crippen molar-refractivity contribution in [1.82, 2.24) is 14.8 Å².